The average molecular weight is 465 g/mol. The van der Waals surface area contributed by atoms with Crippen LogP contribution in [0.2, 0.25) is 0 Å². The van der Waals surface area contributed by atoms with Gasteiger partial charge in [-0.3, -0.25) is 9.78 Å². The first-order chi connectivity index (χ1) is 17.1. The predicted molar refractivity (Wildman–Crippen MR) is 137 cm³/mol. The van der Waals surface area contributed by atoms with Crippen LogP contribution in [0.25, 0.3) is 22.2 Å². The van der Waals surface area contributed by atoms with E-state index in [-0.39, 0.29) is 0 Å². The number of benzene rings is 1. The van der Waals surface area contributed by atoms with Crippen molar-refractivity contribution in [2.45, 2.75) is 0 Å². The molecule has 0 saturated carbocycles. The molecule has 5 rings (SSSR count). The smallest absolute Gasteiger partial charge is 0.300 e. The number of carbonyl (C=O) groups is 1. The summed E-state index contributed by atoms with van der Waals surface area (Å²) < 4.78 is 0. The molecule has 35 heavy (non-hydrogen) atoms. The van der Waals surface area contributed by atoms with Crippen LogP contribution in [0.4, 0.5) is 23.1 Å². The SMILES string of the molecule is C#CC(=O)Nc1ccnc(-c2cccc3cnc(Nc4ccc(N5CCN(C)CC5)nc4)nc23)c1. The molecule has 1 saturated heterocycles. The quantitative estimate of drug-likeness (QED) is 0.435. The molecular weight excluding hydrogens is 440 g/mol. The molecule has 9 heteroatoms. The molecule has 1 aromatic carbocycles. The minimum atomic E-state index is -0.513. The number of terminal acetylenes is 1. The summed E-state index contributed by atoms with van der Waals surface area (Å²) in [6, 6.07) is 13.2. The van der Waals surface area contributed by atoms with Crippen LogP contribution < -0.4 is 15.5 Å². The van der Waals surface area contributed by atoms with Gasteiger partial charge >= 0.3 is 0 Å². The van der Waals surface area contributed by atoms with Crippen LogP contribution >= 0.6 is 0 Å². The fourth-order valence-corrected chi connectivity index (χ4v) is 3.96. The molecule has 1 fully saturated rings. The molecule has 0 bridgehead atoms. The van der Waals surface area contributed by atoms with Gasteiger partial charge in [-0.2, -0.15) is 0 Å². The predicted octanol–water partition coefficient (Wildman–Crippen LogP) is 3.15. The Morgan fingerprint density at radius 1 is 1.00 bits per heavy atom. The number of para-hydroxylation sites is 1. The molecule has 0 radical (unpaired) electrons. The van der Waals surface area contributed by atoms with E-state index in [1.807, 2.05) is 36.3 Å². The van der Waals surface area contributed by atoms with Gasteiger partial charge in [0.25, 0.3) is 5.91 Å². The molecule has 3 aromatic heterocycles. The molecule has 2 N–H and O–H groups in total. The number of piperazine rings is 1. The Morgan fingerprint density at radius 2 is 1.86 bits per heavy atom. The van der Waals surface area contributed by atoms with Crippen molar-refractivity contribution < 1.29 is 4.79 Å². The third kappa shape index (κ3) is 5.03. The van der Waals surface area contributed by atoms with E-state index in [2.05, 4.69) is 42.4 Å². The van der Waals surface area contributed by atoms with Gasteiger partial charge < -0.3 is 20.4 Å². The third-order valence-corrected chi connectivity index (χ3v) is 5.87. The highest BCUT2D eigenvalue weighted by Crippen LogP contribution is 2.28. The van der Waals surface area contributed by atoms with E-state index in [9.17, 15) is 4.79 Å². The zero-order valence-corrected chi connectivity index (χ0v) is 19.3. The van der Waals surface area contributed by atoms with Crippen molar-refractivity contribution in [3.05, 3.63) is 61.1 Å². The monoisotopic (exact) mass is 464 g/mol. The summed E-state index contributed by atoms with van der Waals surface area (Å²) in [6.45, 7) is 3.99. The van der Waals surface area contributed by atoms with Crippen molar-refractivity contribution in [2.24, 2.45) is 0 Å². The zero-order valence-electron chi connectivity index (χ0n) is 19.3. The van der Waals surface area contributed by atoms with Crippen LogP contribution in [0, 0.1) is 12.3 Å². The number of rotatable bonds is 5. The second-order valence-corrected chi connectivity index (χ2v) is 8.29. The molecule has 0 unspecified atom stereocenters. The summed E-state index contributed by atoms with van der Waals surface area (Å²) in [4.78, 5) is 34.5. The van der Waals surface area contributed by atoms with Gasteiger partial charge in [0.15, 0.2) is 0 Å². The maximum atomic E-state index is 11.6. The molecule has 4 heterocycles. The Kier molecular flexibility index (Phi) is 6.20. The second-order valence-electron chi connectivity index (χ2n) is 8.29. The van der Waals surface area contributed by atoms with Gasteiger partial charge in [-0.1, -0.05) is 18.2 Å². The van der Waals surface area contributed by atoms with Crippen LogP contribution in [0.3, 0.4) is 0 Å². The van der Waals surface area contributed by atoms with Crippen molar-refractivity contribution in [1.29, 1.82) is 0 Å². The summed E-state index contributed by atoms with van der Waals surface area (Å²) in [6.07, 6.45) is 10.3. The largest absolute Gasteiger partial charge is 0.354 e. The van der Waals surface area contributed by atoms with Crippen LogP contribution in [0.5, 0.6) is 0 Å². The van der Waals surface area contributed by atoms with Gasteiger partial charge in [-0.05, 0) is 37.2 Å². The topological polar surface area (TPSA) is 99.2 Å². The maximum Gasteiger partial charge on any atom is 0.300 e. The van der Waals surface area contributed by atoms with Gasteiger partial charge in [-0.15, -0.1) is 6.42 Å². The number of pyridine rings is 2. The number of amides is 1. The Balaban J connectivity index is 1.39. The minimum Gasteiger partial charge on any atom is -0.354 e. The zero-order chi connectivity index (χ0) is 24.2. The van der Waals surface area contributed by atoms with Gasteiger partial charge in [0.05, 0.1) is 23.1 Å². The van der Waals surface area contributed by atoms with E-state index in [0.717, 1.165) is 54.2 Å². The Morgan fingerprint density at radius 3 is 2.63 bits per heavy atom. The van der Waals surface area contributed by atoms with Crippen molar-refractivity contribution in [2.75, 3.05) is 48.8 Å². The Hall–Kier alpha value is -4.55. The van der Waals surface area contributed by atoms with E-state index in [4.69, 9.17) is 11.4 Å². The summed E-state index contributed by atoms with van der Waals surface area (Å²) in [7, 11) is 2.14. The fourth-order valence-electron chi connectivity index (χ4n) is 3.96. The van der Waals surface area contributed by atoms with Crippen molar-refractivity contribution >= 4 is 40.0 Å². The summed E-state index contributed by atoms with van der Waals surface area (Å²) in [5.41, 5.74) is 3.58. The highest BCUT2D eigenvalue weighted by Gasteiger charge is 2.15. The van der Waals surface area contributed by atoms with Crippen molar-refractivity contribution in [1.82, 2.24) is 24.8 Å². The van der Waals surface area contributed by atoms with E-state index in [1.165, 1.54) is 0 Å². The Labute approximate surface area is 203 Å². The minimum absolute atomic E-state index is 0.455. The van der Waals surface area contributed by atoms with Gasteiger partial charge in [0.2, 0.25) is 5.95 Å². The first-order valence-electron chi connectivity index (χ1n) is 11.3. The summed E-state index contributed by atoms with van der Waals surface area (Å²) >= 11 is 0. The molecule has 174 valence electrons. The molecule has 1 aliphatic heterocycles. The lowest BCUT2D eigenvalue weighted by Gasteiger charge is -2.33. The van der Waals surface area contributed by atoms with Gasteiger partial charge in [0, 0.05) is 55.2 Å². The third-order valence-electron chi connectivity index (χ3n) is 5.87. The number of likely N-dealkylation sites (N-methyl/N-ethyl adjacent to an activating group) is 1. The standard InChI is InChI=1S/C26H24N8O/c1-3-24(35)30-19-9-10-27-22(15-19)21-6-4-5-18-16-29-26(32-25(18)21)31-20-7-8-23(28-17-20)34-13-11-33(2)12-14-34/h1,4-10,15-17H,11-14H2,2H3,(H,27,30,35)(H,29,31,32). The molecular formula is C26H24N8O. The lowest BCUT2D eigenvalue weighted by molar-refractivity contribution is -0.111. The number of carbonyl (C=O) groups excluding carboxylic acids is 1. The first-order valence-corrected chi connectivity index (χ1v) is 11.3. The average Bonchev–Trinajstić information content (AvgIpc) is 2.89. The highest BCUT2D eigenvalue weighted by molar-refractivity contribution is 6.04. The molecule has 4 aromatic rings. The van der Waals surface area contributed by atoms with E-state index < -0.39 is 5.91 Å². The molecule has 9 nitrogen and oxygen atoms in total. The number of anilines is 4. The molecule has 0 atom stereocenters. The second kappa shape index (κ2) is 9.75. The number of hydrogen-bond acceptors (Lipinski definition) is 8. The molecule has 1 aliphatic rings. The lowest BCUT2D eigenvalue weighted by atomic mass is 10.1. The number of nitrogens with one attached hydrogen (secondary N) is 2. The van der Waals surface area contributed by atoms with Crippen LogP contribution in [-0.2, 0) is 4.79 Å². The van der Waals surface area contributed by atoms with Crippen LogP contribution in [-0.4, -0.2) is 64.0 Å². The highest BCUT2D eigenvalue weighted by atomic mass is 16.1. The van der Waals surface area contributed by atoms with Crippen LogP contribution in [0.1, 0.15) is 0 Å². The van der Waals surface area contributed by atoms with Gasteiger partial charge in [-0.25, -0.2) is 15.0 Å². The number of fused-ring (bicyclic) bond motifs is 1. The number of aromatic nitrogens is 4. The van der Waals surface area contributed by atoms with Crippen molar-refractivity contribution in [3.8, 4) is 23.6 Å². The van der Waals surface area contributed by atoms with E-state index in [1.54, 1.807) is 30.7 Å². The fraction of sp³-hybridized carbons (Fsp3) is 0.192. The summed E-state index contributed by atoms with van der Waals surface area (Å²) in [5.74, 6) is 2.96. The maximum absolute atomic E-state index is 11.6. The lowest BCUT2D eigenvalue weighted by Crippen LogP contribution is -2.44. The Bertz CT molecular complexity index is 1410. The number of hydrogen-bond donors (Lipinski definition) is 2. The van der Waals surface area contributed by atoms with Gasteiger partial charge in [0.1, 0.15) is 5.82 Å². The van der Waals surface area contributed by atoms with E-state index in [0.29, 0.717) is 17.3 Å². The molecule has 0 aliphatic carbocycles. The first kappa shape index (κ1) is 22.3. The van der Waals surface area contributed by atoms with Crippen LogP contribution in [0.15, 0.2) is 61.1 Å². The molecule has 0 spiro atoms. The van der Waals surface area contributed by atoms with Crippen molar-refractivity contribution in [3.63, 3.8) is 0 Å². The summed E-state index contributed by atoms with van der Waals surface area (Å²) in [5, 5.41) is 6.77. The molecule has 1 amide bonds. The normalized spacial score (nSPS) is 13.9. The van der Waals surface area contributed by atoms with E-state index >= 15 is 0 Å². The number of nitrogens with zero attached hydrogens (tertiary/aromatic N) is 6.